The van der Waals surface area contributed by atoms with E-state index in [2.05, 4.69) is 10.6 Å². The van der Waals surface area contributed by atoms with E-state index in [4.69, 9.17) is 14.2 Å². The molecular formula is C39H33N3O6S. The number of fused-ring (bicyclic) bond motifs is 3. The zero-order chi connectivity index (χ0) is 34.3. The van der Waals surface area contributed by atoms with Gasteiger partial charge in [0.25, 0.3) is 11.8 Å². The Kier molecular flexibility index (Phi) is 9.96. The summed E-state index contributed by atoms with van der Waals surface area (Å²) < 4.78 is 18.2. The van der Waals surface area contributed by atoms with E-state index in [1.54, 1.807) is 65.2 Å². The molecular weight excluding hydrogens is 639 g/mol. The third-order valence-corrected chi connectivity index (χ3v) is 8.83. The van der Waals surface area contributed by atoms with Crippen LogP contribution in [0.1, 0.15) is 20.7 Å². The fourth-order valence-corrected chi connectivity index (χ4v) is 6.33. The van der Waals surface area contributed by atoms with Gasteiger partial charge in [0.2, 0.25) is 5.91 Å². The maximum atomic E-state index is 13.8. The van der Waals surface area contributed by atoms with Crippen molar-refractivity contribution in [2.75, 3.05) is 32.4 Å². The van der Waals surface area contributed by atoms with Crippen molar-refractivity contribution in [3.05, 3.63) is 132 Å². The minimum absolute atomic E-state index is 0.0287. The maximum absolute atomic E-state index is 13.8. The quantitative estimate of drug-likeness (QED) is 0.108. The van der Waals surface area contributed by atoms with Crippen LogP contribution in [0.15, 0.2) is 126 Å². The molecule has 0 unspecified atom stereocenters. The maximum Gasteiger partial charge on any atom is 0.272 e. The molecule has 1 heterocycles. The van der Waals surface area contributed by atoms with E-state index >= 15 is 0 Å². The minimum atomic E-state index is -0.565. The van der Waals surface area contributed by atoms with E-state index in [9.17, 15) is 14.4 Å². The molecule has 246 valence electrons. The zero-order valence-corrected chi connectivity index (χ0v) is 27.9. The largest absolute Gasteiger partial charge is 0.496 e. The Hall–Kier alpha value is -6.00. The number of ether oxygens (including phenoxy) is 3. The Balaban J connectivity index is 1.25. The number of amides is 2. The van der Waals surface area contributed by atoms with Gasteiger partial charge in [-0.1, -0.05) is 60.7 Å². The zero-order valence-electron chi connectivity index (χ0n) is 27.1. The Morgan fingerprint density at radius 1 is 0.694 bits per heavy atom. The lowest BCUT2D eigenvalue weighted by Crippen LogP contribution is -2.30. The van der Waals surface area contributed by atoms with Crippen LogP contribution in [0.2, 0.25) is 0 Å². The number of nitrogens with zero attached hydrogens (tertiary/aromatic N) is 1. The molecule has 49 heavy (non-hydrogen) atoms. The number of thioether (sulfide) groups is 1. The molecule has 0 saturated carbocycles. The van der Waals surface area contributed by atoms with Crippen molar-refractivity contribution >= 4 is 63.1 Å². The fraction of sp³-hybridized carbons (Fsp3) is 0.103. The topological polar surface area (TPSA) is 108 Å². The number of nitrogens with one attached hydrogen (secondary N) is 2. The van der Waals surface area contributed by atoms with E-state index in [1.807, 2.05) is 54.6 Å². The molecule has 0 aliphatic carbocycles. The lowest BCUT2D eigenvalue weighted by atomic mass is 10.1. The highest BCUT2D eigenvalue weighted by Gasteiger charge is 2.19. The highest BCUT2D eigenvalue weighted by Crippen LogP contribution is 2.36. The summed E-state index contributed by atoms with van der Waals surface area (Å²) in [6.07, 6.45) is 1.51. The van der Waals surface area contributed by atoms with Gasteiger partial charge in [0.1, 0.15) is 11.4 Å². The number of benzene rings is 5. The van der Waals surface area contributed by atoms with Gasteiger partial charge >= 0.3 is 0 Å². The molecule has 6 aromatic rings. The summed E-state index contributed by atoms with van der Waals surface area (Å²) in [5.74, 6) is 0.361. The number of hydrogen-bond donors (Lipinski definition) is 2. The Bertz CT molecular complexity index is 2160. The summed E-state index contributed by atoms with van der Waals surface area (Å²) in [4.78, 5) is 41.4. The first-order valence-electron chi connectivity index (χ1n) is 15.3. The number of methoxy groups -OCH3 is 3. The van der Waals surface area contributed by atoms with E-state index in [0.717, 1.165) is 26.7 Å². The standard InChI is InChI=1S/C39H33N3O6S/c1-46-34-23-36(48-3)35(47-2)21-26(34)20-31(41-38(44)25-12-5-4-6-13-25)39(45)40-27-14-11-15-28(22-27)49-24-37(43)42-32-18-9-7-16-29(32)30-17-8-10-19-33(30)42/h4-23H,24H2,1-3H3,(H,40,45)(H,41,44)/b31-20+. The van der Waals surface area contributed by atoms with Crippen LogP contribution in [0.4, 0.5) is 5.69 Å². The normalized spacial score (nSPS) is 11.3. The highest BCUT2D eigenvalue weighted by atomic mass is 32.2. The van der Waals surface area contributed by atoms with E-state index < -0.39 is 11.8 Å². The molecule has 0 radical (unpaired) electrons. The van der Waals surface area contributed by atoms with Crippen LogP contribution in [0.3, 0.4) is 0 Å². The Morgan fingerprint density at radius 2 is 1.31 bits per heavy atom. The van der Waals surface area contributed by atoms with E-state index in [1.165, 1.54) is 39.2 Å². The molecule has 0 saturated heterocycles. The molecule has 5 aromatic carbocycles. The summed E-state index contributed by atoms with van der Waals surface area (Å²) in [7, 11) is 4.51. The predicted octanol–water partition coefficient (Wildman–Crippen LogP) is 7.66. The number of carbonyl (C=O) groups is 3. The van der Waals surface area contributed by atoms with Gasteiger partial charge in [-0.25, -0.2) is 0 Å². The Morgan fingerprint density at radius 3 is 1.96 bits per heavy atom. The molecule has 2 N–H and O–H groups in total. The van der Waals surface area contributed by atoms with Crippen molar-refractivity contribution in [3.8, 4) is 17.2 Å². The van der Waals surface area contributed by atoms with Crippen LogP contribution in [-0.4, -0.2) is 49.4 Å². The van der Waals surface area contributed by atoms with Crippen molar-refractivity contribution in [1.82, 2.24) is 9.88 Å². The number of anilines is 1. The molecule has 0 aliphatic heterocycles. The average molecular weight is 672 g/mol. The molecule has 2 amide bonds. The summed E-state index contributed by atoms with van der Waals surface area (Å²) in [5.41, 5.74) is 3.03. The van der Waals surface area contributed by atoms with Crippen LogP contribution < -0.4 is 24.8 Å². The molecule has 0 bridgehead atoms. The van der Waals surface area contributed by atoms with Crippen molar-refractivity contribution in [1.29, 1.82) is 0 Å². The minimum Gasteiger partial charge on any atom is -0.496 e. The van der Waals surface area contributed by atoms with Gasteiger partial charge in [-0.15, -0.1) is 11.8 Å². The first-order valence-corrected chi connectivity index (χ1v) is 16.3. The van der Waals surface area contributed by atoms with Gasteiger partial charge in [0.05, 0.1) is 38.1 Å². The molecule has 0 fully saturated rings. The van der Waals surface area contributed by atoms with Crippen LogP contribution in [0, 0.1) is 0 Å². The lowest BCUT2D eigenvalue weighted by Gasteiger charge is -2.15. The number of para-hydroxylation sites is 2. The third-order valence-electron chi connectivity index (χ3n) is 7.85. The van der Waals surface area contributed by atoms with Crippen molar-refractivity contribution in [3.63, 3.8) is 0 Å². The molecule has 9 nitrogen and oxygen atoms in total. The van der Waals surface area contributed by atoms with Gasteiger partial charge in [0, 0.05) is 38.5 Å². The summed E-state index contributed by atoms with van der Waals surface area (Å²) in [6.45, 7) is 0. The second kappa shape index (κ2) is 14.8. The number of rotatable bonds is 11. The first-order chi connectivity index (χ1) is 23.9. The van der Waals surface area contributed by atoms with Crippen LogP contribution in [-0.2, 0) is 4.79 Å². The first kappa shape index (κ1) is 32.9. The third kappa shape index (κ3) is 7.14. The van der Waals surface area contributed by atoms with Gasteiger partial charge in [-0.2, -0.15) is 0 Å². The molecule has 6 rings (SSSR count). The van der Waals surface area contributed by atoms with Gasteiger partial charge in [-0.05, 0) is 54.6 Å². The van der Waals surface area contributed by atoms with Gasteiger partial charge in [0.15, 0.2) is 11.5 Å². The average Bonchev–Trinajstić information content (AvgIpc) is 3.48. The van der Waals surface area contributed by atoms with Gasteiger partial charge in [-0.3, -0.25) is 19.0 Å². The summed E-state index contributed by atoms with van der Waals surface area (Å²) in [5, 5.41) is 7.68. The molecule has 0 atom stereocenters. The molecule has 10 heteroatoms. The second-order valence-electron chi connectivity index (χ2n) is 10.9. The number of carbonyl (C=O) groups excluding carboxylic acids is 3. The summed E-state index contributed by atoms with van der Waals surface area (Å²) >= 11 is 1.37. The van der Waals surface area contributed by atoms with Crippen LogP contribution >= 0.6 is 11.8 Å². The highest BCUT2D eigenvalue weighted by molar-refractivity contribution is 8.00. The number of aromatic nitrogens is 1. The van der Waals surface area contributed by atoms with Crippen molar-refractivity contribution < 1.29 is 28.6 Å². The monoisotopic (exact) mass is 671 g/mol. The van der Waals surface area contributed by atoms with Crippen LogP contribution in [0.5, 0.6) is 17.2 Å². The second-order valence-corrected chi connectivity index (χ2v) is 11.9. The van der Waals surface area contributed by atoms with E-state index in [0.29, 0.717) is 34.1 Å². The fourth-order valence-electron chi connectivity index (χ4n) is 5.53. The van der Waals surface area contributed by atoms with Crippen molar-refractivity contribution in [2.45, 2.75) is 4.90 Å². The van der Waals surface area contributed by atoms with E-state index in [-0.39, 0.29) is 17.4 Å². The van der Waals surface area contributed by atoms with Crippen LogP contribution in [0.25, 0.3) is 27.9 Å². The lowest BCUT2D eigenvalue weighted by molar-refractivity contribution is -0.113. The number of hydrogen-bond acceptors (Lipinski definition) is 7. The molecule has 0 spiro atoms. The SMILES string of the molecule is COc1cc(OC)c(OC)cc1/C=C(/NC(=O)c1ccccc1)C(=O)Nc1cccc(SCC(=O)n2c3ccccc3c3ccccc32)c1. The van der Waals surface area contributed by atoms with Crippen molar-refractivity contribution in [2.24, 2.45) is 0 Å². The predicted molar refractivity (Wildman–Crippen MR) is 194 cm³/mol. The smallest absolute Gasteiger partial charge is 0.272 e. The molecule has 1 aromatic heterocycles. The Labute approximate surface area is 287 Å². The summed E-state index contributed by atoms with van der Waals surface area (Å²) in [6, 6.07) is 34.8. The molecule has 0 aliphatic rings. The van der Waals surface area contributed by atoms with Gasteiger partial charge < -0.3 is 24.8 Å².